The van der Waals surface area contributed by atoms with Gasteiger partial charge in [-0.25, -0.2) is 5.43 Å². The Morgan fingerprint density at radius 3 is 2.43 bits per heavy atom. The Bertz CT molecular complexity index is 1260. The first-order valence-electron chi connectivity index (χ1n) is 9.78. The van der Waals surface area contributed by atoms with E-state index in [1.54, 1.807) is 6.21 Å². The van der Waals surface area contributed by atoms with Crippen molar-refractivity contribution in [2.75, 3.05) is 0 Å². The molecule has 5 heteroatoms. The SMILES string of the molecule is [B]c1cc(/C=N/NC(=O)CCc2ccc3cc4ccccc4cc3c2)cc(Br)c1C. The van der Waals surface area contributed by atoms with Gasteiger partial charge in [0.15, 0.2) is 0 Å². The van der Waals surface area contributed by atoms with E-state index in [0.717, 1.165) is 21.2 Å². The number of nitrogens with one attached hydrogen (secondary N) is 1. The summed E-state index contributed by atoms with van der Waals surface area (Å²) in [5.41, 5.74) is 6.22. The van der Waals surface area contributed by atoms with E-state index in [2.05, 4.69) is 75.0 Å². The van der Waals surface area contributed by atoms with Crippen molar-refractivity contribution in [3.8, 4) is 0 Å². The van der Waals surface area contributed by atoms with Crippen molar-refractivity contribution in [2.45, 2.75) is 19.8 Å². The van der Waals surface area contributed by atoms with Crippen molar-refractivity contribution in [1.29, 1.82) is 0 Å². The molecular weight excluding hydrogens is 435 g/mol. The van der Waals surface area contributed by atoms with E-state index < -0.39 is 0 Å². The summed E-state index contributed by atoms with van der Waals surface area (Å²) >= 11 is 3.47. The monoisotopic (exact) mass is 454 g/mol. The molecule has 4 aromatic rings. The van der Waals surface area contributed by atoms with Crippen LogP contribution in [0, 0.1) is 6.92 Å². The van der Waals surface area contributed by atoms with E-state index in [1.165, 1.54) is 21.5 Å². The normalized spacial score (nSPS) is 11.4. The number of benzene rings is 4. The average Bonchev–Trinajstić information content (AvgIpc) is 2.74. The van der Waals surface area contributed by atoms with E-state index in [4.69, 9.17) is 7.85 Å². The van der Waals surface area contributed by atoms with Gasteiger partial charge in [-0.3, -0.25) is 4.79 Å². The van der Waals surface area contributed by atoms with Gasteiger partial charge in [-0.1, -0.05) is 69.9 Å². The maximum atomic E-state index is 12.2. The molecule has 0 saturated carbocycles. The summed E-state index contributed by atoms with van der Waals surface area (Å²) in [6, 6.07) is 22.8. The van der Waals surface area contributed by atoms with Crippen LogP contribution < -0.4 is 10.9 Å². The zero-order chi connectivity index (χ0) is 21.1. The number of carbonyl (C=O) groups excluding carboxylic acids is 1. The molecule has 0 heterocycles. The van der Waals surface area contributed by atoms with Crippen molar-refractivity contribution >= 4 is 62.9 Å². The quantitative estimate of drug-likeness (QED) is 0.197. The second-order valence-corrected chi connectivity index (χ2v) is 8.25. The first-order valence-corrected chi connectivity index (χ1v) is 10.6. The minimum Gasteiger partial charge on any atom is -0.273 e. The number of amides is 1. The van der Waals surface area contributed by atoms with E-state index in [1.807, 2.05) is 25.1 Å². The van der Waals surface area contributed by atoms with Crippen molar-refractivity contribution in [3.05, 3.63) is 87.9 Å². The highest BCUT2D eigenvalue weighted by molar-refractivity contribution is 9.10. The van der Waals surface area contributed by atoms with Gasteiger partial charge in [-0.05, 0) is 69.8 Å². The number of halogens is 1. The summed E-state index contributed by atoms with van der Waals surface area (Å²) in [4.78, 5) is 12.2. The zero-order valence-corrected chi connectivity index (χ0v) is 18.2. The number of hydrogen-bond acceptors (Lipinski definition) is 2. The van der Waals surface area contributed by atoms with Gasteiger partial charge in [-0.2, -0.15) is 5.10 Å². The van der Waals surface area contributed by atoms with E-state index >= 15 is 0 Å². The molecule has 30 heavy (non-hydrogen) atoms. The van der Waals surface area contributed by atoms with Crippen LogP contribution in [0.4, 0.5) is 0 Å². The van der Waals surface area contributed by atoms with Crippen molar-refractivity contribution in [1.82, 2.24) is 5.43 Å². The molecule has 0 aromatic heterocycles. The maximum absolute atomic E-state index is 12.2. The van der Waals surface area contributed by atoms with Gasteiger partial charge in [-0.15, -0.1) is 0 Å². The molecule has 1 amide bonds. The lowest BCUT2D eigenvalue weighted by Gasteiger charge is -2.06. The molecule has 0 bridgehead atoms. The second kappa shape index (κ2) is 8.84. The predicted octanol–water partition coefficient (Wildman–Crippen LogP) is 4.94. The van der Waals surface area contributed by atoms with E-state index in [-0.39, 0.29) is 5.91 Å². The smallest absolute Gasteiger partial charge is 0.240 e. The largest absolute Gasteiger partial charge is 0.273 e. The minimum absolute atomic E-state index is 0.121. The number of hydrogen-bond donors (Lipinski definition) is 1. The molecule has 0 aliphatic carbocycles. The van der Waals surface area contributed by atoms with Crippen LogP contribution in [0.3, 0.4) is 0 Å². The highest BCUT2D eigenvalue weighted by Crippen LogP contribution is 2.24. The molecule has 4 rings (SSSR count). The molecule has 1 N–H and O–H groups in total. The lowest BCUT2D eigenvalue weighted by molar-refractivity contribution is -0.121. The number of aryl methyl sites for hydroxylation is 1. The third-order valence-corrected chi connectivity index (χ3v) is 6.04. The molecule has 2 radical (unpaired) electrons. The van der Waals surface area contributed by atoms with Crippen LogP contribution in [0.2, 0.25) is 0 Å². The Morgan fingerprint density at radius 2 is 1.70 bits per heavy atom. The summed E-state index contributed by atoms with van der Waals surface area (Å²) in [5.74, 6) is -0.121. The van der Waals surface area contributed by atoms with Crippen LogP contribution in [-0.2, 0) is 11.2 Å². The molecule has 0 atom stereocenters. The van der Waals surface area contributed by atoms with Gasteiger partial charge in [0, 0.05) is 10.9 Å². The summed E-state index contributed by atoms with van der Waals surface area (Å²) in [7, 11) is 5.96. The average molecular weight is 455 g/mol. The van der Waals surface area contributed by atoms with Crippen LogP contribution in [0.15, 0.2) is 76.3 Å². The molecule has 146 valence electrons. The molecule has 3 nitrogen and oxygen atoms in total. The van der Waals surface area contributed by atoms with Crippen LogP contribution >= 0.6 is 15.9 Å². The standard InChI is InChI=1S/C25H20BBrN2O/c1-16-23(26)11-18(12-24(16)27)15-28-29-25(30)9-7-17-6-8-21-13-19-4-2-3-5-20(19)14-22(21)10-17/h2-6,8,10-15H,7,9H2,1H3,(H,29,30)/b28-15+. The van der Waals surface area contributed by atoms with Crippen LogP contribution in [0.25, 0.3) is 21.5 Å². The predicted molar refractivity (Wildman–Crippen MR) is 130 cm³/mol. The fourth-order valence-corrected chi connectivity index (χ4v) is 3.93. The van der Waals surface area contributed by atoms with Crippen LogP contribution in [-0.4, -0.2) is 20.0 Å². The fourth-order valence-electron chi connectivity index (χ4n) is 3.43. The molecule has 0 aliphatic heterocycles. The third-order valence-electron chi connectivity index (χ3n) is 5.22. The molecule has 0 aliphatic rings. The Kier molecular flexibility index (Phi) is 6.00. The fraction of sp³-hybridized carbons (Fsp3) is 0.120. The lowest BCUT2D eigenvalue weighted by atomic mass is 9.90. The first-order chi connectivity index (χ1) is 14.5. The van der Waals surface area contributed by atoms with Gasteiger partial charge < -0.3 is 0 Å². The Hall–Kier alpha value is -2.92. The number of nitrogens with zero attached hydrogens (tertiary/aromatic N) is 1. The highest BCUT2D eigenvalue weighted by atomic mass is 79.9. The second-order valence-electron chi connectivity index (χ2n) is 7.39. The Balaban J connectivity index is 1.38. The van der Waals surface area contributed by atoms with Crippen molar-refractivity contribution < 1.29 is 4.79 Å². The summed E-state index contributed by atoms with van der Waals surface area (Å²) in [6.07, 6.45) is 2.63. The molecular formula is C25H20BBrN2O. The van der Waals surface area contributed by atoms with Gasteiger partial charge in [0.1, 0.15) is 7.85 Å². The number of rotatable bonds is 5. The minimum atomic E-state index is -0.121. The molecule has 0 fully saturated rings. The van der Waals surface area contributed by atoms with Crippen molar-refractivity contribution in [3.63, 3.8) is 0 Å². The Morgan fingerprint density at radius 1 is 1.00 bits per heavy atom. The van der Waals surface area contributed by atoms with Gasteiger partial charge >= 0.3 is 0 Å². The highest BCUT2D eigenvalue weighted by Gasteiger charge is 2.04. The molecule has 0 saturated heterocycles. The molecule has 0 spiro atoms. The number of carbonyl (C=O) groups is 1. The lowest BCUT2D eigenvalue weighted by Crippen LogP contribution is -2.18. The number of hydrazone groups is 1. The van der Waals surface area contributed by atoms with Crippen LogP contribution in [0.1, 0.15) is 23.1 Å². The number of fused-ring (bicyclic) bond motifs is 2. The van der Waals surface area contributed by atoms with Crippen molar-refractivity contribution in [2.24, 2.45) is 5.10 Å². The van der Waals surface area contributed by atoms with Gasteiger partial charge in [0.25, 0.3) is 0 Å². The van der Waals surface area contributed by atoms with Gasteiger partial charge in [0.05, 0.1) is 6.21 Å². The van der Waals surface area contributed by atoms with E-state index in [0.29, 0.717) is 18.3 Å². The summed E-state index contributed by atoms with van der Waals surface area (Å²) in [6.45, 7) is 1.94. The first kappa shape index (κ1) is 20.4. The van der Waals surface area contributed by atoms with Gasteiger partial charge in [0.2, 0.25) is 5.91 Å². The summed E-state index contributed by atoms with van der Waals surface area (Å²) in [5, 5.41) is 8.89. The maximum Gasteiger partial charge on any atom is 0.240 e. The Labute approximate surface area is 185 Å². The zero-order valence-electron chi connectivity index (χ0n) is 16.7. The third kappa shape index (κ3) is 4.63. The molecule has 0 unspecified atom stereocenters. The topological polar surface area (TPSA) is 41.5 Å². The van der Waals surface area contributed by atoms with Crippen LogP contribution in [0.5, 0.6) is 0 Å². The summed E-state index contributed by atoms with van der Waals surface area (Å²) < 4.78 is 0.916. The molecule has 4 aromatic carbocycles. The van der Waals surface area contributed by atoms with E-state index in [9.17, 15) is 4.79 Å².